The van der Waals surface area contributed by atoms with E-state index in [9.17, 15) is 10.1 Å². The molecule has 0 unspecified atom stereocenters. The molecule has 0 atom stereocenters. The minimum absolute atomic E-state index is 0.260. The molecular formula is C16H12N6O2S. The lowest BCUT2D eigenvalue weighted by Crippen LogP contribution is -2.04. The third kappa shape index (κ3) is 2.95. The first-order chi connectivity index (χ1) is 11.9. The van der Waals surface area contributed by atoms with Gasteiger partial charge in [-0.25, -0.2) is 24.7 Å². The fourth-order valence-corrected chi connectivity index (χ4v) is 2.59. The van der Waals surface area contributed by atoms with Gasteiger partial charge in [0.15, 0.2) is 0 Å². The third-order valence-corrected chi connectivity index (χ3v) is 4.07. The van der Waals surface area contributed by atoms with Gasteiger partial charge in [0.1, 0.15) is 16.9 Å². The number of aromatic carboxylic acids is 1. The van der Waals surface area contributed by atoms with Gasteiger partial charge in [0.05, 0.1) is 23.1 Å². The van der Waals surface area contributed by atoms with E-state index < -0.39 is 5.97 Å². The molecule has 25 heavy (non-hydrogen) atoms. The number of carbonyl (C=O) groups is 1. The SMILES string of the molecule is Cc1ncc(-c2cc(-c3cnc(C(=O)O)nc3)nc(S)c2C#N)n1C. The van der Waals surface area contributed by atoms with E-state index in [4.69, 9.17) is 5.11 Å². The van der Waals surface area contributed by atoms with E-state index >= 15 is 0 Å². The summed E-state index contributed by atoms with van der Waals surface area (Å²) >= 11 is 4.31. The van der Waals surface area contributed by atoms with Crippen molar-refractivity contribution in [3.63, 3.8) is 0 Å². The molecule has 3 aromatic rings. The lowest BCUT2D eigenvalue weighted by atomic mass is 10.0. The van der Waals surface area contributed by atoms with Crippen molar-refractivity contribution < 1.29 is 9.90 Å². The van der Waals surface area contributed by atoms with E-state index in [2.05, 4.69) is 38.6 Å². The van der Waals surface area contributed by atoms with E-state index in [0.717, 1.165) is 11.5 Å². The van der Waals surface area contributed by atoms with Crippen molar-refractivity contribution in [3.05, 3.63) is 41.9 Å². The second-order valence-electron chi connectivity index (χ2n) is 5.22. The van der Waals surface area contributed by atoms with E-state index in [1.807, 2.05) is 18.5 Å². The molecule has 0 bridgehead atoms. The van der Waals surface area contributed by atoms with Gasteiger partial charge in [-0.1, -0.05) is 0 Å². The van der Waals surface area contributed by atoms with Crippen molar-refractivity contribution in [2.45, 2.75) is 11.9 Å². The number of nitrogens with zero attached hydrogens (tertiary/aromatic N) is 6. The molecule has 124 valence electrons. The number of aromatic nitrogens is 5. The van der Waals surface area contributed by atoms with Crippen LogP contribution in [0.2, 0.25) is 0 Å². The van der Waals surface area contributed by atoms with Crippen molar-refractivity contribution in [1.82, 2.24) is 24.5 Å². The minimum atomic E-state index is -1.21. The number of hydrogen-bond donors (Lipinski definition) is 2. The summed E-state index contributed by atoms with van der Waals surface area (Å²) in [6.07, 6.45) is 4.42. The Labute approximate surface area is 148 Å². The van der Waals surface area contributed by atoms with Crippen LogP contribution in [0.25, 0.3) is 22.5 Å². The molecule has 3 aromatic heterocycles. The van der Waals surface area contributed by atoms with Crippen molar-refractivity contribution in [1.29, 1.82) is 5.26 Å². The van der Waals surface area contributed by atoms with Crippen LogP contribution in [0.15, 0.2) is 29.7 Å². The smallest absolute Gasteiger partial charge is 0.373 e. The summed E-state index contributed by atoms with van der Waals surface area (Å²) in [5.74, 6) is -0.710. The zero-order valence-corrected chi connectivity index (χ0v) is 14.2. The van der Waals surface area contributed by atoms with Crippen LogP contribution in [0.1, 0.15) is 22.0 Å². The molecule has 0 saturated heterocycles. The van der Waals surface area contributed by atoms with Crippen LogP contribution in [-0.4, -0.2) is 35.6 Å². The van der Waals surface area contributed by atoms with Crippen LogP contribution in [0, 0.1) is 18.3 Å². The Hall–Kier alpha value is -3.25. The molecule has 1 N–H and O–H groups in total. The second-order valence-corrected chi connectivity index (χ2v) is 5.64. The molecule has 0 fully saturated rings. The first-order valence-corrected chi connectivity index (χ1v) is 7.55. The monoisotopic (exact) mass is 352 g/mol. The number of nitriles is 1. The standard InChI is InChI=1S/C16H12N6O2S/c1-8-18-7-13(22(8)2)10-3-12(21-15(25)11(10)4-17)9-5-19-14(16(23)24)20-6-9/h3,5-7H,1-2H3,(H,21,25)(H,23,24). The Morgan fingerprint density at radius 3 is 2.48 bits per heavy atom. The molecule has 0 aliphatic carbocycles. The quantitative estimate of drug-likeness (QED) is 0.693. The molecule has 9 heteroatoms. The molecule has 0 radical (unpaired) electrons. The molecular weight excluding hydrogens is 340 g/mol. The molecule has 3 heterocycles. The maximum absolute atomic E-state index is 10.9. The second kappa shape index (κ2) is 6.33. The minimum Gasteiger partial charge on any atom is -0.475 e. The summed E-state index contributed by atoms with van der Waals surface area (Å²) in [4.78, 5) is 27.0. The highest BCUT2D eigenvalue weighted by Gasteiger charge is 2.17. The average Bonchev–Trinajstić information content (AvgIpc) is 2.93. The average molecular weight is 352 g/mol. The Morgan fingerprint density at radius 1 is 1.28 bits per heavy atom. The van der Waals surface area contributed by atoms with Gasteiger partial charge in [0, 0.05) is 30.6 Å². The molecule has 0 aliphatic rings. The van der Waals surface area contributed by atoms with E-state index in [-0.39, 0.29) is 10.9 Å². The largest absolute Gasteiger partial charge is 0.475 e. The van der Waals surface area contributed by atoms with Crippen LogP contribution in [0.3, 0.4) is 0 Å². The highest BCUT2D eigenvalue weighted by atomic mass is 32.1. The van der Waals surface area contributed by atoms with Crippen molar-refractivity contribution in [3.8, 4) is 28.6 Å². The fourth-order valence-electron chi connectivity index (χ4n) is 2.31. The number of hydrogen-bond acceptors (Lipinski definition) is 7. The van der Waals surface area contributed by atoms with Crippen LogP contribution < -0.4 is 0 Å². The Bertz CT molecular complexity index is 1020. The van der Waals surface area contributed by atoms with Gasteiger partial charge in [-0.2, -0.15) is 5.26 Å². The van der Waals surface area contributed by atoms with E-state index in [1.165, 1.54) is 12.4 Å². The fraction of sp³-hybridized carbons (Fsp3) is 0.125. The summed E-state index contributed by atoms with van der Waals surface area (Å²) in [7, 11) is 1.85. The maximum Gasteiger partial charge on any atom is 0.373 e. The number of thiol groups is 1. The van der Waals surface area contributed by atoms with Gasteiger partial charge in [0.25, 0.3) is 0 Å². The van der Waals surface area contributed by atoms with Crippen LogP contribution in [-0.2, 0) is 7.05 Å². The molecule has 0 aliphatic heterocycles. The number of carboxylic acids is 1. The molecule has 8 nitrogen and oxygen atoms in total. The van der Waals surface area contributed by atoms with E-state index in [0.29, 0.717) is 22.4 Å². The highest BCUT2D eigenvalue weighted by molar-refractivity contribution is 7.80. The lowest BCUT2D eigenvalue weighted by Gasteiger charge is -2.10. The molecule has 0 spiro atoms. The van der Waals surface area contributed by atoms with Gasteiger partial charge >= 0.3 is 5.97 Å². The zero-order chi connectivity index (χ0) is 18.1. The summed E-state index contributed by atoms with van der Waals surface area (Å²) in [6.45, 7) is 1.86. The Kier molecular flexibility index (Phi) is 4.21. The Morgan fingerprint density at radius 2 is 1.96 bits per heavy atom. The number of rotatable bonds is 3. The van der Waals surface area contributed by atoms with Crippen LogP contribution >= 0.6 is 12.6 Å². The summed E-state index contributed by atoms with van der Waals surface area (Å²) in [5.41, 5.74) is 2.71. The third-order valence-electron chi connectivity index (χ3n) is 3.75. The predicted molar refractivity (Wildman–Crippen MR) is 91.1 cm³/mol. The van der Waals surface area contributed by atoms with Gasteiger partial charge in [-0.15, -0.1) is 12.6 Å². The zero-order valence-electron chi connectivity index (χ0n) is 13.3. The van der Waals surface area contributed by atoms with Crippen LogP contribution in [0.5, 0.6) is 0 Å². The molecule has 3 rings (SSSR count). The van der Waals surface area contributed by atoms with Gasteiger partial charge in [-0.3, -0.25) is 0 Å². The van der Waals surface area contributed by atoms with Gasteiger partial charge < -0.3 is 9.67 Å². The summed E-state index contributed by atoms with van der Waals surface area (Å²) in [5, 5.41) is 18.6. The van der Waals surface area contributed by atoms with E-state index in [1.54, 1.807) is 12.3 Å². The maximum atomic E-state index is 10.9. The molecule has 0 amide bonds. The predicted octanol–water partition coefficient (Wildman–Crippen LogP) is 2.11. The van der Waals surface area contributed by atoms with Crippen molar-refractivity contribution in [2.75, 3.05) is 0 Å². The number of imidazole rings is 1. The van der Waals surface area contributed by atoms with Gasteiger partial charge in [-0.05, 0) is 13.0 Å². The van der Waals surface area contributed by atoms with Crippen molar-refractivity contribution in [2.24, 2.45) is 7.05 Å². The van der Waals surface area contributed by atoms with Crippen LogP contribution in [0.4, 0.5) is 0 Å². The first-order valence-electron chi connectivity index (χ1n) is 7.11. The summed E-state index contributed by atoms with van der Waals surface area (Å²) < 4.78 is 1.86. The molecule has 0 saturated carbocycles. The number of pyridine rings is 1. The van der Waals surface area contributed by atoms with Gasteiger partial charge in [0.2, 0.25) is 5.82 Å². The Balaban J connectivity index is 2.18. The first kappa shape index (κ1) is 16.6. The number of aryl methyl sites for hydroxylation is 1. The number of carboxylic acid groups (broad SMARTS) is 1. The molecule has 0 aromatic carbocycles. The lowest BCUT2D eigenvalue weighted by molar-refractivity contribution is 0.0683. The summed E-state index contributed by atoms with van der Waals surface area (Å²) in [6, 6.07) is 3.83. The normalized spacial score (nSPS) is 10.5. The van der Waals surface area contributed by atoms with Crippen molar-refractivity contribution >= 4 is 18.6 Å². The highest BCUT2D eigenvalue weighted by Crippen LogP contribution is 2.31. The topological polar surface area (TPSA) is 118 Å².